The minimum Gasteiger partial charge on any atom is -0.391 e. The summed E-state index contributed by atoms with van der Waals surface area (Å²) in [6, 6.07) is 4.48. The van der Waals surface area contributed by atoms with Crippen LogP contribution < -0.4 is 10.6 Å². The number of nitrogens with two attached hydrogens (primary N) is 1. The van der Waals surface area contributed by atoms with Crippen molar-refractivity contribution in [2.75, 3.05) is 18.0 Å². The van der Waals surface area contributed by atoms with Crippen LogP contribution in [-0.4, -0.2) is 24.3 Å². The quantitative estimate of drug-likeness (QED) is 0.826. The van der Waals surface area contributed by atoms with Crippen molar-refractivity contribution in [2.24, 2.45) is 5.73 Å². The first-order chi connectivity index (χ1) is 8.08. The molecule has 1 saturated heterocycles. The molecule has 0 amide bonds. The highest BCUT2D eigenvalue weighted by atomic mass is 19.1. The molecular weight excluding hydrogens is 219 g/mol. The number of aliphatic hydroxyl groups is 1. The van der Waals surface area contributed by atoms with Crippen molar-refractivity contribution in [1.29, 1.82) is 0 Å². The second kappa shape index (κ2) is 5.02. The first-order valence-corrected chi connectivity index (χ1v) is 6.06. The van der Waals surface area contributed by atoms with Crippen LogP contribution in [0.2, 0.25) is 0 Å². The van der Waals surface area contributed by atoms with E-state index in [2.05, 4.69) is 4.90 Å². The molecule has 0 saturated carbocycles. The number of β-amino-alcohol motifs (C(OH)–C–C–N with tert-alkyl or cyclic N) is 1. The van der Waals surface area contributed by atoms with Gasteiger partial charge in [0.05, 0.1) is 6.10 Å². The van der Waals surface area contributed by atoms with Crippen molar-refractivity contribution in [2.45, 2.75) is 31.9 Å². The van der Waals surface area contributed by atoms with E-state index in [9.17, 15) is 9.50 Å². The highest BCUT2D eigenvalue weighted by Crippen LogP contribution is 2.28. The van der Waals surface area contributed by atoms with Crippen molar-refractivity contribution in [3.8, 4) is 0 Å². The third kappa shape index (κ3) is 2.76. The van der Waals surface area contributed by atoms with E-state index in [0.717, 1.165) is 30.6 Å². The fraction of sp³-hybridized carbons (Fsp3) is 0.538. The predicted molar refractivity (Wildman–Crippen MR) is 66.5 cm³/mol. The van der Waals surface area contributed by atoms with Crippen LogP contribution in [0.5, 0.6) is 0 Å². The lowest BCUT2D eigenvalue weighted by atomic mass is 10.0. The Morgan fingerprint density at radius 2 is 2.29 bits per heavy atom. The van der Waals surface area contributed by atoms with E-state index in [1.807, 2.05) is 6.92 Å². The summed E-state index contributed by atoms with van der Waals surface area (Å²) in [6.45, 7) is 3.34. The molecule has 1 aliphatic heterocycles. The Morgan fingerprint density at radius 1 is 1.53 bits per heavy atom. The van der Waals surface area contributed by atoms with Gasteiger partial charge in [-0.25, -0.2) is 4.39 Å². The Balaban J connectivity index is 2.30. The Labute approximate surface area is 101 Å². The number of piperidine rings is 1. The molecule has 4 heteroatoms. The molecule has 0 spiro atoms. The summed E-state index contributed by atoms with van der Waals surface area (Å²) < 4.78 is 13.2. The van der Waals surface area contributed by atoms with E-state index in [1.54, 1.807) is 6.07 Å². The number of anilines is 1. The van der Waals surface area contributed by atoms with E-state index in [0.29, 0.717) is 6.54 Å². The zero-order valence-electron chi connectivity index (χ0n) is 10.1. The molecule has 3 nitrogen and oxygen atoms in total. The Bertz CT molecular complexity index is 395. The molecule has 0 bridgehead atoms. The minimum absolute atomic E-state index is 0.209. The molecule has 0 radical (unpaired) electrons. The number of hydrogen-bond acceptors (Lipinski definition) is 3. The van der Waals surface area contributed by atoms with E-state index in [1.165, 1.54) is 12.1 Å². The Hall–Kier alpha value is -1.13. The van der Waals surface area contributed by atoms with Crippen LogP contribution in [0.1, 0.15) is 31.4 Å². The molecule has 2 atom stereocenters. The third-order valence-corrected chi connectivity index (χ3v) is 3.22. The van der Waals surface area contributed by atoms with Crippen molar-refractivity contribution in [3.63, 3.8) is 0 Å². The number of benzene rings is 1. The van der Waals surface area contributed by atoms with Gasteiger partial charge in [0.25, 0.3) is 0 Å². The van der Waals surface area contributed by atoms with Crippen LogP contribution in [-0.2, 0) is 0 Å². The van der Waals surface area contributed by atoms with Crippen molar-refractivity contribution >= 4 is 5.69 Å². The fourth-order valence-corrected chi connectivity index (χ4v) is 2.35. The van der Waals surface area contributed by atoms with E-state index >= 15 is 0 Å². The molecule has 1 aliphatic rings. The van der Waals surface area contributed by atoms with Crippen LogP contribution in [0.3, 0.4) is 0 Å². The monoisotopic (exact) mass is 238 g/mol. The molecular formula is C13H19FN2O. The maximum absolute atomic E-state index is 13.2. The highest BCUT2D eigenvalue weighted by molar-refractivity contribution is 5.55. The Kier molecular flexibility index (Phi) is 3.64. The number of nitrogens with zero attached hydrogens (tertiary/aromatic N) is 1. The van der Waals surface area contributed by atoms with Crippen molar-refractivity contribution in [1.82, 2.24) is 0 Å². The van der Waals surface area contributed by atoms with E-state index in [4.69, 9.17) is 5.73 Å². The zero-order valence-corrected chi connectivity index (χ0v) is 10.1. The van der Waals surface area contributed by atoms with Crippen LogP contribution >= 0.6 is 0 Å². The lowest BCUT2D eigenvalue weighted by Crippen LogP contribution is -2.39. The van der Waals surface area contributed by atoms with Gasteiger partial charge in [0.1, 0.15) is 5.82 Å². The SMILES string of the molecule is C[C@H](N)c1cc(F)ccc1N1CCCC(O)C1. The topological polar surface area (TPSA) is 49.5 Å². The second-order valence-corrected chi connectivity index (χ2v) is 4.73. The summed E-state index contributed by atoms with van der Waals surface area (Å²) in [7, 11) is 0. The largest absolute Gasteiger partial charge is 0.391 e. The summed E-state index contributed by atoms with van der Waals surface area (Å²) >= 11 is 0. The van der Waals surface area contributed by atoms with Gasteiger partial charge in [0.15, 0.2) is 0 Å². The van der Waals surface area contributed by atoms with Gasteiger partial charge in [-0.05, 0) is 43.5 Å². The van der Waals surface area contributed by atoms with Crippen molar-refractivity contribution in [3.05, 3.63) is 29.6 Å². The molecule has 0 aliphatic carbocycles. The van der Waals surface area contributed by atoms with Gasteiger partial charge in [-0.1, -0.05) is 0 Å². The van der Waals surface area contributed by atoms with Gasteiger partial charge in [-0.3, -0.25) is 0 Å². The first kappa shape index (κ1) is 12.3. The lowest BCUT2D eigenvalue weighted by Gasteiger charge is -2.34. The number of halogens is 1. The number of aliphatic hydroxyl groups excluding tert-OH is 1. The molecule has 1 aromatic rings. The van der Waals surface area contributed by atoms with E-state index < -0.39 is 0 Å². The zero-order chi connectivity index (χ0) is 12.4. The molecule has 1 heterocycles. The molecule has 1 unspecified atom stereocenters. The number of rotatable bonds is 2. The second-order valence-electron chi connectivity index (χ2n) is 4.73. The van der Waals surface area contributed by atoms with Crippen molar-refractivity contribution < 1.29 is 9.50 Å². The van der Waals surface area contributed by atoms with Gasteiger partial charge in [0.2, 0.25) is 0 Å². The molecule has 3 N–H and O–H groups in total. The average molecular weight is 238 g/mol. The highest BCUT2D eigenvalue weighted by Gasteiger charge is 2.21. The molecule has 94 valence electrons. The molecule has 1 aromatic carbocycles. The van der Waals surface area contributed by atoms with Crippen LogP contribution in [0, 0.1) is 5.82 Å². The standard InChI is InChI=1S/C13H19FN2O/c1-9(15)12-7-10(14)4-5-13(12)16-6-2-3-11(17)8-16/h4-5,7,9,11,17H,2-3,6,8,15H2,1H3/t9-,11?/m0/s1. The average Bonchev–Trinajstić information content (AvgIpc) is 2.28. The normalized spacial score (nSPS) is 22.6. The Morgan fingerprint density at radius 3 is 2.94 bits per heavy atom. The van der Waals surface area contributed by atoms with Gasteiger partial charge >= 0.3 is 0 Å². The maximum atomic E-state index is 13.2. The summed E-state index contributed by atoms with van der Waals surface area (Å²) in [5.74, 6) is -0.265. The van der Waals surface area contributed by atoms with Gasteiger partial charge < -0.3 is 15.7 Å². The molecule has 2 rings (SSSR count). The summed E-state index contributed by atoms with van der Waals surface area (Å²) in [4.78, 5) is 2.09. The maximum Gasteiger partial charge on any atom is 0.123 e. The van der Waals surface area contributed by atoms with Gasteiger partial charge in [-0.2, -0.15) is 0 Å². The molecule has 0 aromatic heterocycles. The smallest absolute Gasteiger partial charge is 0.123 e. The lowest BCUT2D eigenvalue weighted by molar-refractivity contribution is 0.154. The summed E-state index contributed by atoms with van der Waals surface area (Å²) in [6.07, 6.45) is 1.50. The van der Waals surface area contributed by atoms with E-state index in [-0.39, 0.29) is 18.0 Å². The molecule has 1 fully saturated rings. The van der Waals surface area contributed by atoms with Gasteiger partial charge in [0, 0.05) is 24.8 Å². The number of hydrogen-bond donors (Lipinski definition) is 2. The van der Waals surface area contributed by atoms with Crippen LogP contribution in [0.15, 0.2) is 18.2 Å². The van der Waals surface area contributed by atoms with Crippen LogP contribution in [0.25, 0.3) is 0 Å². The summed E-state index contributed by atoms with van der Waals surface area (Å²) in [5.41, 5.74) is 7.62. The van der Waals surface area contributed by atoms with Crippen LogP contribution in [0.4, 0.5) is 10.1 Å². The summed E-state index contributed by atoms with van der Waals surface area (Å²) in [5, 5.41) is 9.68. The fourth-order valence-electron chi connectivity index (χ4n) is 2.35. The van der Waals surface area contributed by atoms with Gasteiger partial charge in [-0.15, -0.1) is 0 Å². The first-order valence-electron chi connectivity index (χ1n) is 6.06. The third-order valence-electron chi connectivity index (χ3n) is 3.22. The minimum atomic E-state index is -0.297. The molecule has 17 heavy (non-hydrogen) atoms. The predicted octanol–water partition coefficient (Wildman–Crippen LogP) is 1.81.